The fourth-order valence-electron chi connectivity index (χ4n) is 1.25. The van der Waals surface area contributed by atoms with Crippen LogP contribution >= 0.6 is 23.4 Å². The molecule has 0 saturated carbocycles. The average molecular weight is 268 g/mol. The lowest BCUT2D eigenvalue weighted by Crippen LogP contribution is -1.88. The molecule has 2 nitrogen and oxygen atoms in total. The van der Waals surface area contributed by atoms with Crippen LogP contribution in [0.15, 0.2) is 46.5 Å². The molecular weight excluding hydrogens is 261 g/mol. The van der Waals surface area contributed by atoms with Crippen molar-refractivity contribution in [2.24, 2.45) is 0 Å². The molecule has 0 fully saturated rings. The molecule has 0 saturated heterocycles. The summed E-state index contributed by atoms with van der Waals surface area (Å²) in [5, 5.41) is 1.09. The number of pyridine rings is 1. The molecule has 5 heteroatoms. The summed E-state index contributed by atoms with van der Waals surface area (Å²) in [6, 6.07) is 7.45. The second-order valence-electron chi connectivity index (χ2n) is 3.19. The SMILES string of the molecule is O=Cc1cc(F)ccc1Sc1ncccc1Cl. The van der Waals surface area contributed by atoms with E-state index in [1.165, 1.54) is 30.0 Å². The van der Waals surface area contributed by atoms with Gasteiger partial charge in [-0.2, -0.15) is 0 Å². The molecule has 0 unspecified atom stereocenters. The highest BCUT2D eigenvalue weighted by molar-refractivity contribution is 7.99. The van der Waals surface area contributed by atoms with Crippen LogP contribution in [-0.4, -0.2) is 11.3 Å². The van der Waals surface area contributed by atoms with Gasteiger partial charge in [0.25, 0.3) is 0 Å². The number of hydrogen-bond acceptors (Lipinski definition) is 3. The topological polar surface area (TPSA) is 30.0 Å². The molecule has 0 bridgehead atoms. The number of aldehydes is 1. The van der Waals surface area contributed by atoms with Crippen molar-refractivity contribution in [1.29, 1.82) is 0 Å². The zero-order valence-electron chi connectivity index (χ0n) is 8.56. The predicted octanol–water partition coefficient (Wildman–Crippen LogP) is 3.84. The van der Waals surface area contributed by atoms with E-state index in [4.69, 9.17) is 11.6 Å². The summed E-state index contributed by atoms with van der Waals surface area (Å²) >= 11 is 7.19. The summed E-state index contributed by atoms with van der Waals surface area (Å²) in [6.45, 7) is 0. The van der Waals surface area contributed by atoms with E-state index < -0.39 is 5.82 Å². The van der Waals surface area contributed by atoms with Gasteiger partial charge in [0.2, 0.25) is 0 Å². The van der Waals surface area contributed by atoms with Crippen molar-refractivity contribution in [2.75, 3.05) is 0 Å². The molecule has 0 aliphatic rings. The fraction of sp³-hybridized carbons (Fsp3) is 0. The standard InChI is InChI=1S/C12H7ClFNOS/c13-10-2-1-5-15-12(10)17-11-4-3-9(14)6-8(11)7-16/h1-7H. The molecule has 0 amide bonds. The molecule has 0 atom stereocenters. The predicted molar refractivity (Wildman–Crippen MR) is 65.2 cm³/mol. The van der Waals surface area contributed by atoms with Crippen LogP contribution in [0.2, 0.25) is 5.02 Å². The molecule has 1 aromatic carbocycles. The smallest absolute Gasteiger partial charge is 0.151 e. The van der Waals surface area contributed by atoms with Gasteiger partial charge in [-0.15, -0.1) is 0 Å². The van der Waals surface area contributed by atoms with Crippen molar-refractivity contribution in [3.8, 4) is 0 Å². The van der Waals surface area contributed by atoms with Crippen molar-refractivity contribution in [1.82, 2.24) is 4.98 Å². The van der Waals surface area contributed by atoms with Crippen LogP contribution in [0.25, 0.3) is 0 Å². The third kappa shape index (κ3) is 2.84. The number of hydrogen-bond donors (Lipinski definition) is 0. The highest BCUT2D eigenvalue weighted by Crippen LogP contribution is 2.32. The minimum atomic E-state index is -0.441. The van der Waals surface area contributed by atoms with Gasteiger partial charge in [-0.05, 0) is 30.3 Å². The molecule has 2 aromatic rings. The normalized spacial score (nSPS) is 10.2. The van der Waals surface area contributed by atoms with Crippen LogP contribution in [0, 0.1) is 5.82 Å². The number of aromatic nitrogens is 1. The van der Waals surface area contributed by atoms with Crippen molar-refractivity contribution >= 4 is 29.6 Å². The van der Waals surface area contributed by atoms with Crippen molar-refractivity contribution in [2.45, 2.75) is 9.92 Å². The van der Waals surface area contributed by atoms with Crippen LogP contribution in [0.4, 0.5) is 4.39 Å². The van der Waals surface area contributed by atoms with Gasteiger partial charge >= 0.3 is 0 Å². The maximum atomic E-state index is 12.9. The quantitative estimate of drug-likeness (QED) is 0.792. The molecular formula is C12H7ClFNOS. The van der Waals surface area contributed by atoms with Gasteiger partial charge in [0.1, 0.15) is 10.8 Å². The molecule has 0 spiro atoms. The summed E-state index contributed by atoms with van der Waals surface area (Å²) in [4.78, 5) is 15.5. The number of halogens is 2. The van der Waals surface area contributed by atoms with Crippen LogP contribution in [-0.2, 0) is 0 Å². The molecule has 0 aliphatic heterocycles. The van der Waals surface area contributed by atoms with Gasteiger partial charge in [-0.1, -0.05) is 23.4 Å². The fourth-order valence-corrected chi connectivity index (χ4v) is 2.34. The number of rotatable bonds is 3. The zero-order chi connectivity index (χ0) is 12.3. The van der Waals surface area contributed by atoms with E-state index in [1.807, 2.05) is 0 Å². The molecule has 86 valence electrons. The molecule has 1 heterocycles. The lowest BCUT2D eigenvalue weighted by Gasteiger charge is -2.05. The highest BCUT2D eigenvalue weighted by Gasteiger charge is 2.08. The van der Waals surface area contributed by atoms with Crippen LogP contribution in [0.1, 0.15) is 10.4 Å². The van der Waals surface area contributed by atoms with Gasteiger partial charge in [0.05, 0.1) is 5.02 Å². The second kappa shape index (κ2) is 5.29. The number of carbonyl (C=O) groups is 1. The molecule has 1 aromatic heterocycles. The Morgan fingerprint density at radius 3 is 2.88 bits per heavy atom. The van der Waals surface area contributed by atoms with E-state index in [2.05, 4.69) is 4.98 Å². The van der Waals surface area contributed by atoms with E-state index in [-0.39, 0.29) is 5.56 Å². The Balaban J connectivity index is 2.36. The first kappa shape index (κ1) is 12.1. The van der Waals surface area contributed by atoms with Crippen LogP contribution < -0.4 is 0 Å². The summed E-state index contributed by atoms with van der Waals surface area (Å²) < 4.78 is 12.9. The Hall–Kier alpha value is -1.39. The Morgan fingerprint density at radius 2 is 2.18 bits per heavy atom. The zero-order valence-corrected chi connectivity index (χ0v) is 10.1. The van der Waals surface area contributed by atoms with E-state index in [0.717, 1.165) is 0 Å². The Labute approximate surface area is 107 Å². The number of benzene rings is 1. The van der Waals surface area contributed by atoms with Crippen molar-refractivity contribution in [3.63, 3.8) is 0 Å². The van der Waals surface area contributed by atoms with Crippen molar-refractivity contribution in [3.05, 3.63) is 52.9 Å². The second-order valence-corrected chi connectivity index (χ2v) is 4.63. The Kier molecular flexibility index (Phi) is 3.76. The molecule has 0 aliphatic carbocycles. The first-order valence-electron chi connectivity index (χ1n) is 4.74. The molecule has 0 radical (unpaired) electrons. The Bertz CT molecular complexity index is 562. The van der Waals surface area contributed by atoms with Crippen LogP contribution in [0.3, 0.4) is 0 Å². The number of nitrogens with zero attached hydrogens (tertiary/aromatic N) is 1. The van der Waals surface area contributed by atoms with Crippen molar-refractivity contribution < 1.29 is 9.18 Å². The average Bonchev–Trinajstić information content (AvgIpc) is 2.34. The minimum Gasteiger partial charge on any atom is -0.298 e. The van der Waals surface area contributed by atoms with E-state index >= 15 is 0 Å². The van der Waals surface area contributed by atoms with Crippen LogP contribution in [0.5, 0.6) is 0 Å². The Morgan fingerprint density at radius 1 is 1.35 bits per heavy atom. The number of carbonyl (C=O) groups excluding carboxylic acids is 1. The largest absolute Gasteiger partial charge is 0.298 e. The lowest BCUT2D eigenvalue weighted by atomic mass is 10.2. The van der Waals surface area contributed by atoms with Gasteiger partial charge in [-0.25, -0.2) is 9.37 Å². The molecule has 17 heavy (non-hydrogen) atoms. The first-order chi connectivity index (χ1) is 8.20. The van der Waals surface area contributed by atoms with E-state index in [1.54, 1.807) is 18.3 Å². The van der Waals surface area contributed by atoms with Gasteiger partial charge in [-0.3, -0.25) is 4.79 Å². The molecule has 0 N–H and O–H groups in total. The lowest BCUT2D eigenvalue weighted by molar-refractivity contribution is 0.112. The van der Waals surface area contributed by atoms with E-state index in [9.17, 15) is 9.18 Å². The summed E-state index contributed by atoms with van der Waals surface area (Å²) in [6.07, 6.45) is 2.22. The summed E-state index contributed by atoms with van der Waals surface area (Å²) in [5.74, 6) is -0.441. The monoisotopic (exact) mass is 267 g/mol. The highest BCUT2D eigenvalue weighted by atomic mass is 35.5. The maximum absolute atomic E-state index is 12.9. The van der Waals surface area contributed by atoms with Gasteiger partial charge in [0, 0.05) is 16.7 Å². The summed E-state index contributed by atoms with van der Waals surface area (Å²) in [7, 11) is 0. The minimum absolute atomic E-state index is 0.289. The molecule has 2 rings (SSSR count). The first-order valence-corrected chi connectivity index (χ1v) is 5.93. The van der Waals surface area contributed by atoms with E-state index in [0.29, 0.717) is 21.2 Å². The summed E-state index contributed by atoms with van der Waals surface area (Å²) in [5.41, 5.74) is 0.289. The maximum Gasteiger partial charge on any atom is 0.151 e. The third-order valence-corrected chi connectivity index (χ3v) is 3.56. The van der Waals surface area contributed by atoms with Gasteiger partial charge in [0.15, 0.2) is 6.29 Å². The third-order valence-electron chi connectivity index (χ3n) is 2.03. The van der Waals surface area contributed by atoms with Gasteiger partial charge < -0.3 is 0 Å².